The highest BCUT2D eigenvalue weighted by atomic mass is 16.6. The topological polar surface area (TPSA) is 67.3 Å². The number of hydrogen-bond acceptors (Lipinski definition) is 5. The van der Waals surface area contributed by atoms with Crippen LogP contribution in [-0.4, -0.2) is 29.2 Å². The SMILES string of the molecule is C=C(C)OC(=O)NC1(c2cccc(C(C)(C)C)c2)CCN(c2ncccn2)CC1. The number of aromatic nitrogens is 2. The number of benzene rings is 1. The van der Waals surface area contributed by atoms with Crippen molar-refractivity contribution >= 4 is 12.0 Å². The first-order valence-corrected chi connectivity index (χ1v) is 9.98. The van der Waals surface area contributed by atoms with Crippen LogP contribution in [0.25, 0.3) is 0 Å². The Morgan fingerprint density at radius 3 is 2.41 bits per heavy atom. The molecule has 1 amide bonds. The van der Waals surface area contributed by atoms with Crippen LogP contribution in [0.3, 0.4) is 0 Å². The third-order valence-corrected chi connectivity index (χ3v) is 5.34. The van der Waals surface area contributed by atoms with Crippen LogP contribution in [0.5, 0.6) is 0 Å². The van der Waals surface area contributed by atoms with Crippen LogP contribution in [0.1, 0.15) is 51.7 Å². The maximum Gasteiger partial charge on any atom is 0.412 e. The van der Waals surface area contributed by atoms with Crippen molar-refractivity contribution in [3.8, 4) is 0 Å². The van der Waals surface area contributed by atoms with Crippen molar-refractivity contribution in [2.45, 2.75) is 51.5 Å². The Bertz CT molecular complexity index is 866. The third kappa shape index (κ3) is 4.94. The minimum Gasteiger partial charge on any atom is -0.416 e. The number of hydrogen-bond donors (Lipinski definition) is 1. The van der Waals surface area contributed by atoms with Crippen molar-refractivity contribution < 1.29 is 9.53 Å². The Labute approximate surface area is 173 Å². The fraction of sp³-hybridized carbons (Fsp3) is 0.435. The molecule has 154 valence electrons. The lowest BCUT2D eigenvalue weighted by molar-refractivity contribution is 0.152. The number of ether oxygens (including phenoxy) is 1. The zero-order valence-electron chi connectivity index (χ0n) is 17.7. The van der Waals surface area contributed by atoms with Crippen LogP contribution in [0.4, 0.5) is 10.7 Å². The quantitative estimate of drug-likeness (QED) is 0.772. The molecule has 3 rings (SSSR count). The average molecular weight is 395 g/mol. The summed E-state index contributed by atoms with van der Waals surface area (Å²) in [5.74, 6) is 1.09. The van der Waals surface area contributed by atoms with E-state index in [1.807, 2.05) is 6.07 Å². The van der Waals surface area contributed by atoms with Crippen LogP contribution in [0, 0.1) is 0 Å². The van der Waals surface area contributed by atoms with Gasteiger partial charge in [-0.05, 0) is 42.4 Å². The Kier molecular flexibility index (Phi) is 5.91. The maximum absolute atomic E-state index is 12.5. The number of amides is 1. The summed E-state index contributed by atoms with van der Waals surface area (Å²) in [6.07, 6.45) is 4.48. The van der Waals surface area contributed by atoms with E-state index in [4.69, 9.17) is 4.74 Å². The van der Waals surface area contributed by atoms with Gasteiger partial charge < -0.3 is 15.0 Å². The van der Waals surface area contributed by atoms with E-state index in [0.29, 0.717) is 11.7 Å². The number of carbonyl (C=O) groups is 1. The van der Waals surface area contributed by atoms with Gasteiger partial charge in [0.25, 0.3) is 0 Å². The first kappa shape index (κ1) is 20.8. The maximum atomic E-state index is 12.5. The molecule has 0 unspecified atom stereocenters. The summed E-state index contributed by atoms with van der Waals surface area (Å²) in [4.78, 5) is 23.4. The summed E-state index contributed by atoms with van der Waals surface area (Å²) in [7, 11) is 0. The van der Waals surface area contributed by atoms with Gasteiger partial charge >= 0.3 is 6.09 Å². The first-order chi connectivity index (χ1) is 13.7. The molecule has 6 nitrogen and oxygen atoms in total. The van der Waals surface area contributed by atoms with Crippen molar-refractivity contribution in [3.05, 3.63) is 66.2 Å². The average Bonchev–Trinajstić information content (AvgIpc) is 2.68. The minimum absolute atomic E-state index is 0.0218. The molecule has 6 heteroatoms. The summed E-state index contributed by atoms with van der Waals surface area (Å²) in [6, 6.07) is 10.3. The fourth-order valence-corrected chi connectivity index (χ4v) is 3.69. The van der Waals surface area contributed by atoms with Crippen molar-refractivity contribution in [2.75, 3.05) is 18.0 Å². The molecule has 2 aromatic rings. The van der Waals surface area contributed by atoms with Crippen LogP contribution in [0.15, 0.2) is 55.1 Å². The predicted molar refractivity (Wildman–Crippen MR) is 115 cm³/mol. The van der Waals surface area contributed by atoms with Crippen LogP contribution < -0.4 is 10.2 Å². The van der Waals surface area contributed by atoms with Crippen molar-refractivity contribution in [2.24, 2.45) is 0 Å². The van der Waals surface area contributed by atoms with E-state index in [2.05, 4.69) is 71.8 Å². The predicted octanol–water partition coefficient (Wildman–Crippen LogP) is 4.53. The number of nitrogens with zero attached hydrogens (tertiary/aromatic N) is 3. The van der Waals surface area contributed by atoms with Gasteiger partial charge in [0.2, 0.25) is 5.95 Å². The van der Waals surface area contributed by atoms with Gasteiger partial charge in [-0.15, -0.1) is 0 Å². The van der Waals surface area contributed by atoms with E-state index >= 15 is 0 Å². The zero-order chi connectivity index (χ0) is 21.1. The van der Waals surface area contributed by atoms with Gasteiger partial charge in [0.1, 0.15) is 0 Å². The highest BCUT2D eigenvalue weighted by molar-refractivity contribution is 5.70. The van der Waals surface area contributed by atoms with Crippen molar-refractivity contribution in [3.63, 3.8) is 0 Å². The normalized spacial score (nSPS) is 16.2. The van der Waals surface area contributed by atoms with Gasteiger partial charge in [-0.1, -0.05) is 51.6 Å². The molecule has 0 bridgehead atoms. The summed E-state index contributed by atoms with van der Waals surface area (Å²) < 4.78 is 5.23. The number of allylic oxidation sites excluding steroid dienone is 1. The van der Waals surface area contributed by atoms with Gasteiger partial charge in [-0.2, -0.15) is 0 Å². The highest BCUT2D eigenvalue weighted by Crippen LogP contribution is 2.36. The molecule has 1 saturated heterocycles. The lowest BCUT2D eigenvalue weighted by Crippen LogP contribution is -2.53. The Morgan fingerprint density at radius 1 is 1.17 bits per heavy atom. The van der Waals surface area contributed by atoms with Crippen LogP contribution in [0.2, 0.25) is 0 Å². The second-order valence-electron chi connectivity index (χ2n) is 8.67. The molecule has 0 aliphatic carbocycles. The molecule has 0 radical (unpaired) electrons. The molecule has 0 atom stereocenters. The number of alkyl carbamates (subject to hydrolysis) is 1. The van der Waals surface area contributed by atoms with Gasteiger partial charge in [-0.3, -0.25) is 0 Å². The monoisotopic (exact) mass is 394 g/mol. The molecule has 1 aliphatic heterocycles. The second-order valence-corrected chi connectivity index (χ2v) is 8.67. The first-order valence-electron chi connectivity index (χ1n) is 9.98. The molecule has 29 heavy (non-hydrogen) atoms. The second kappa shape index (κ2) is 8.23. The lowest BCUT2D eigenvalue weighted by Gasteiger charge is -2.42. The Hall–Kier alpha value is -2.89. The third-order valence-electron chi connectivity index (χ3n) is 5.34. The molecule has 1 aliphatic rings. The van der Waals surface area contributed by atoms with E-state index < -0.39 is 11.6 Å². The molecule has 1 N–H and O–H groups in total. The summed E-state index contributed by atoms with van der Waals surface area (Å²) in [5.41, 5.74) is 1.84. The molecule has 2 heterocycles. The van der Waals surface area contributed by atoms with Crippen molar-refractivity contribution in [1.29, 1.82) is 0 Å². The van der Waals surface area contributed by atoms with Crippen LogP contribution >= 0.6 is 0 Å². The van der Waals surface area contributed by atoms with Crippen LogP contribution in [-0.2, 0) is 15.7 Å². The van der Waals surface area contributed by atoms with Gasteiger partial charge in [-0.25, -0.2) is 14.8 Å². The van der Waals surface area contributed by atoms with E-state index in [1.165, 1.54) is 5.56 Å². The van der Waals surface area contributed by atoms with E-state index in [1.54, 1.807) is 19.3 Å². The van der Waals surface area contributed by atoms with Gasteiger partial charge in [0, 0.05) is 25.5 Å². The number of carbonyl (C=O) groups excluding carboxylic acids is 1. The molecule has 0 spiro atoms. The Morgan fingerprint density at radius 2 is 1.83 bits per heavy atom. The van der Waals surface area contributed by atoms with E-state index in [9.17, 15) is 4.79 Å². The zero-order valence-corrected chi connectivity index (χ0v) is 17.7. The Balaban J connectivity index is 1.90. The van der Waals surface area contributed by atoms with E-state index in [0.717, 1.165) is 31.5 Å². The molecular formula is C23H30N4O2. The molecular weight excluding hydrogens is 364 g/mol. The molecule has 1 fully saturated rings. The molecule has 1 aromatic heterocycles. The summed E-state index contributed by atoms with van der Waals surface area (Å²) in [5, 5.41) is 3.14. The number of nitrogens with one attached hydrogen (secondary N) is 1. The van der Waals surface area contributed by atoms with Crippen molar-refractivity contribution in [1.82, 2.24) is 15.3 Å². The number of anilines is 1. The standard InChI is InChI=1S/C23H30N4O2/c1-17(2)29-21(28)26-23(19-9-6-8-18(16-19)22(3,4)5)10-14-27(15-11-23)20-24-12-7-13-25-20/h6-9,12-13,16H,1,10-11,14-15H2,2-5H3,(H,26,28). The summed E-state index contributed by atoms with van der Waals surface area (Å²) in [6.45, 7) is 13.4. The minimum atomic E-state index is -0.515. The highest BCUT2D eigenvalue weighted by Gasteiger charge is 2.39. The lowest BCUT2D eigenvalue weighted by atomic mass is 9.78. The molecule has 1 aromatic carbocycles. The summed E-state index contributed by atoms with van der Waals surface area (Å²) >= 11 is 0. The number of piperidine rings is 1. The smallest absolute Gasteiger partial charge is 0.412 e. The largest absolute Gasteiger partial charge is 0.416 e. The fourth-order valence-electron chi connectivity index (χ4n) is 3.69. The van der Waals surface area contributed by atoms with E-state index in [-0.39, 0.29) is 5.41 Å². The van der Waals surface area contributed by atoms with Gasteiger partial charge in [0.15, 0.2) is 0 Å². The van der Waals surface area contributed by atoms with Gasteiger partial charge in [0.05, 0.1) is 11.3 Å². The number of rotatable bonds is 4. The molecule has 0 saturated carbocycles.